The van der Waals surface area contributed by atoms with Crippen molar-refractivity contribution in [3.8, 4) is 0 Å². The Bertz CT molecular complexity index is 956. The lowest BCUT2D eigenvalue weighted by Gasteiger charge is -2.12. The van der Waals surface area contributed by atoms with Crippen LogP contribution in [0.1, 0.15) is 11.1 Å². The van der Waals surface area contributed by atoms with E-state index >= 15 is 0 Å². The normalized spacial score (nSPS) is 15.4. The standard InChI is InChI=1S/C16H14FN3O2S2/c1-20(18-10-11-7-8-13(17)14(9-11)23-2)16-12-5-3-4-6-15(12)24(21,22)19-16/h3-10H,1-2H3/b18-10+. The van der Waals surface area contributed by atoms with E-state index in [1.54, 1.807) is 43.6 Å². The number of sulfonamides is 1. The molecule has 0 aliphatic carbocycles. The Kier molecular flexibility index (Phi) is 4.42. The van der Waals surface area contributed by atoms with Crippen LogP contribution >= 0.6 is 11.8 Å². The maximum absolute atomic E-state index is 13.5. The summed E-state index contributed by atoms with van der Waals surface area (Å²) in [5.74, 6) is -0.0257. The zero-order chi connectivity index (χ0) is 17.3. The predicted molar refractivity (Wildman–Crippen MR) is 93.7 cm³/mol. The fourth-order valence-electron chi connectivity index (χ4n) is 2.29. The molecule has 8 heteroatoms. The molecule has 124 valence electrons. The molecule has 0 bridgehead atoms. The van der Waals surface area contributed by atoms with Crippen molar-refractivity contribution in [2.75, 3.05) is 13.3 Å². The quantitative estimate of drug-likeness (QED) is 0.478. The van der Waals surface area contributed by atoms with Crippen LogP contribution in [0.5, 0.6) is 0 Å². The van der Waals surface area contributed by atoms with Gasteiger partial charge in [-0.2, -0.15) is 13.5 Å². The van der Waals surface area contributed by atoms with Gasteiger partial charge in [-0.05, 0) is 36.1 Å². The Labute approximate surface area is 144 Å². The minimum Gasteiger partial charge on any atom is -0.250 e. The smallest absolute Gasteiger partial charge is 0.250 e. The van der Waals surface area contributed by atoms with Crippen LogP contribution in [0.2, 0.25) is 0 Å². The van der Waals surface area contributed by atoms with Gasteiger partial charge in [-0.3, -0.25) is 0 Å². The zero-order valence-corrected chi connectivity index (χ0v) is 14.6. The number of fused-ring (bicyclic) bond motifs is 1. The highest BCUT2D eigenvalue weighted by atomic mass is 32.2. The number of hydrazone groups is 1. The Morgan fingerprint density at radius 3 is 2.75 bits per heavy atom. The molecule has 0 radical (unpaired) electrons. The highest BCUT2D eigenvalue weighted by Gasteiger charge is 2.30. The first-order valence-electron chi connectivity index (χ1n) is 6.98. The summed E-state index contributed by atoms with van der Waals surface area (Å²) < 4.78 is 41.4. The predicted octanol–water partition coefficient (Wildman–Crippen LogP) is 2.96. The van der Waals surface area contributed by atoms with Gasteiger partial charge in [-0.25, -0.2) is 9.40 Å². The van der Waals surface area contributed by atoms with Crippen molar-refractivity contribution < 1.29 is 12.8 Å². The van der Waals surface area contributed by atoms with Crippen LogP contribution in [0, 0.1) is 5.82 Å². The lowest BCUT2D eigenvalue weighted by molar-refractivity contribution is 0.549. The van der Waals surface area contributed by atoms with Gasteiger partial charge in [-0.1, -0.05) is 18.2 Å². The molecule has 0 saturated carbocycles. The molecule has 0 N–H and O–H groups in total. The Hall–Kier alpha value is -2.19. The second kappa shape index (κ2) is 6.37. The molecule has 1 aliphatic rings. The van der Waals surface area contributed by atoms with E-state index in [0.717, 1.165) is 0 Å². The third-order valence-corrected chi connectivity index (χ3v) is 5.55. The Morgan fingerprint density at radius 2 is 2.00 bits per heavy atom. The van der Waals surface area contributed by atoms with E-state index in [0.29, 0.717) is 16.0 Å². The highest BCUT2D eigenvalue weighted by molar-refractivity contribution is 7.98. The van der Waals surface area contributed by atoms with Gasteiger partial charge < -0.3 is 0 Å². The monoisotopic (exact) mass is 363 g/mol. The average molecular weight is 363 g/mol. The molecule has 5 nitrogen and oxygen atoms in total. The molecule has 0 fully saturated rings. The number of rotatable bonds is 3. The van der Waals surface area contributed by atoms with E-state index < -0.39 is 10.0 Å². The number of benzene rings is 2. The first-order chi connectivity index (χ1) is 11.4. The molecule has 24 heavy (non-hydrogen) atoms. The largest absolute Gasteiger partial charge is 0.285 e. The summed E-state index contributed by atoms with van der Waals surface area (Å²) in [6.07, 6.45) is 3.33. The second-order valence-electron chi connectivity index (χ2n) is 5.05. The summed E-state index contributed by atoms with van der Waals surface area (Å²) in [5, 5.41) is 5.62. The maximum atomic E-state index is 13.5. The van der Waals surface area contributed by atoms with Crippen molar-refractivity contribution in [1.82, 2.24) is 5.01 Å². The minimum absolute atomic E-state index is 0.175. The van der Waals surface area contributed by atoms with Gasteiger partial charge in [0.1, 0.15) is 10.7 Å². The first-order valence-corrected chi connectivity index (χ1v) is 9.64. The van der Waals surface area contributed by atoms with Gasteiger partial charge >= 0.3 is 0 Å². The van der Waals surface area contributed by atoms with Gasteiger partial charge in [0.15, 0.2) is 5.84 Å². The van der Waals surface area contributed by atoms with Crippen LogP contribution in [0.25, 0.3) is 0 Å². The van der Waals surface area contributed by atoms with Gasteiger partial charge in [0, 0.05) is 17.5 Å². The molecule has 2 aromatic rings. The van der Waals surface area contributed by atoms with Crippen LogP contribution in [0.15, 0.2) is 61.8 Å². The summed E-state index contributed by atoms with van der Waals surface area (Å²) in [7, 11) is -2.06. The third kappa shape index (κ3) is 3.07. The fourth-order valence-corrected chi connectivity index (χ4v) is 4.03. The molecule has 0 spiro atoms. The number of nitrogens with zero attached hydrogens (tertiary/aromatic N) is 3. The summed E-state index contributed by atoms with van der Waals surface area (Å²) in [6.45, 7) is 0. The number of hydrogen-bond acceptors (Lipinski definition) is 5. The van der Waals surface area contributed by atoms with E-state index in [9.17, 15) is 12.8 Å². The molecular weight excluding hydrogens is 349 g/mol. The van der Waals surface area contributed by atoms with Crippen LogP contribution in [0.4, 0.5) is 4.39 Å². The molecule has 0 atom stereocenters. The number of halogens is 1. The first kappa shape index (κ1) is 16.7. The molecule has 0 aromatic heterocycles. The molecule has 0 unspecified atom stereocenters. The molecule has 0 saturated heterocycles. The molecule has 2 aromatic carbocycles. The lowest BCUT2D eigenvalue weighted by atomic mass is 10.2. The maximum Gasteiger partial charge on any atom is 0.285 e. The van der Waals surface area contributed by atoms with Crippen molar-refractivity contribution >= 4 is 33.8 Å². The van der Waals surface area contributed by atoms with Crippen LogP contribution in [0.3, 0.4) is 0 Å². The Balaban J connectivity index is 1.90. The van der Waals surface area contributed by atoms with Gasteiger partial charge in [-0.15, -0.1) is 16.2 Å². The minimum atomic E-state index is -3.68. The van der Waals surface area contributed by atoms with Crippen LogP contribution in [-0.2, 0) is 10.0 Å². The van der Waals surface area contributed by atoms with Crippen molar-refractivity contribution in [2.45, 2.75) is 9.79 Å². The summed E-state index contributed by atoms with van der Waals surface area (Å²) in [5.41, 5.74) is 1.23. The Morgan fingerprint density at radius 1 is 1.25 bits per heavy atom. The number of hydrogen-bond donors (Lipinski definition) is 0. The summed E-state index contributed by atoms with van der Waals surface area (Å²) in [6, 6.07) is 11.3. The summed E-state index contributed by atoms with van der Waals surface area (Å²) in [4.78, 5) is 0.696. The molecule has 3 rings (SSSR count). The third-order valence-electron chi connectivity index (χ3n) is 3.47. The summed E-state index contributed by atoms with van der Waals surface area (Å²) >= 11 is 1.31. The lowest BCUT2D eigenvalue weighted by Crippen LogP contribution is -2.21. The van der Waals surface area contributed by atoms with E-state index in [-0.39, 0.29) is 16.5 Å². The average Bonchev–Trinajstić information content (AvgIpc) is 2.86. The van der Waals surface area contributed by atoms with E-state index in [1.807, 2.05) is 0 Å². The SMILES string of the molecule is CSc1cc(/C=N/N(C)C2=NS(=O)(=O)c3ccccc32)ccc1F. The van der Waals surface area contributed by atoms with E-state index in [2.05, 4.69) is 9.50 Å². The molecule has 0 amide bonds. The highest BCUT2D eigenvalue weighted by Crippen LogP contribution is 2.27. The topological polar surface area (TPSA) is 62.1 Å². The van der Waals surface area contributed by atoms with Gasteiger partial charge in [0.05, 0.1) is 6.21 Å². The van der Waals surface area contributed by atoms with E-state index in [1.165, 1.54) is 35.1 Å². The van der Waals surface area contributed by atoms with Crippen LogP contribution < -0.4 is 0 Å². The van der Waals surface area contributed by atoms with E-state index in [4.69, 9.17) is 0 Å². The fraction of sp³-hybridized carbons (Fsp3) is 0.125. The van der Waals surface area contributed by atoms with Gasteiger partial charge in [0.2, 0.25) is 0 Å². The van der Waals surface area contributed by atoms with Crippen molar-refractivity contribution in [1.29, 1.82) is 0 Å². The zero-order valence-electron chi connectivity index (χ0n) is 13.0. The number of amidine groups is 1. The van der Waals surface area contributed by atoms with Crippen LogP contribution in [-0.4, -0.2) is 38.8 Å². The molecule has 1 heterocycles. The van der Waals surface area contributed by atoms with Crippen molar-refractivity contribution in [3.05, 3.63) is 59.4 Å². The van der Waals surface area contributed by atoms with Crippen molar-refractivity contribution in [2.24, 2.45) is 9.50 Å². The second-order valence-corrected chi connectivity index (χ2v) is 7.47. The molecular formula is C16H14FN3O2S2. The van der Waals surface area contributed by atoms with Crippen molar-refractivity contribution in [3.63, 3.8) is 0 Å². The van der Waals surface area contributed by atoms with Gasteiger partial charge in [0.25, 0.3) is 10.0 Å². The number of thioether (sulfide) groups is 1. The molecule has 1 aliphatic heterocycles.